The van der Waals surface area contributed by atoms with Gasteiger partial charge in [-0.1, -0.05) is 30.3 Å². The zero-order chi connectivity index (χ0) is 24.0. The van der Waals surface area contributed by atoms with E-state index in [0.717, 1.165) is 23.1 Å². The first-order valence-corrected chi connectivity index (χ1v) is 11.3. The molecule has 2 aromatic carbocycles. The van der Waals surface area contributed by atoms with Gasteiger partial charge in [-0.15, -0.1) is 0 Å². The van der Waals surface area contributed by atoms with E-state index < -0.39 is 0 Å². The lowest BCUT2D eigenvalue weighted by Gasteiger charge is -2.33. The Bertz CT molecular complexity index is 969. The highest BCUT2D eigenvalue weighted by Crippen LogP contribution is 2.33. The molecule has 0 saturated heterocycles. The third-order valence-electron chi connectivity index (χ3n) is 5.68. The fraction of sp³-hybridized carbons (Fsp3) is 0.462. The van der Waals surface area contributed by atoms with E-state index in [1.807, 2.05) is 68.1 Å². The van der Waals surface area contributed by atoms with Crippen molar-refractivity contribution in [3.05, 3.63) is 59.2 Å². The van der Waals surface area contributed by atoms with Crippen LogP contribution in [-0.2, 0) is 24.2 Å². The van der Waals surface area contributed by atoms with E-state index in [1.165, 1.54) is 0 Å². The first kappa shape index (κ1) is 24.4. The van der Waals surface area contributed by atoms with Crippen molar-refractivity contribution in [2.24, 2.45) is 0 Å². The Balaban J connectivity index is 1.71. The molecule has 1 heterocycles. The number of urea groups is 1. The van der Waals surface area contributed by atoms with Crippen LogP contribution in [0.3, 0.4) is 0 Å². The number of amides is 3. The maximum atomic E-state index is 13.2. The Morgan fingerprint density at radius 1 is 1.03 bits per heavy atom. The number of hydrogen-bond acceptors (Lipinski definition) is 4. The molecule has 178 valence electrons. The summed E-state index contributed by atoms with van der Waals surface area (Å²) in [5, 5.41) is 2.99. The van der Waals surface area contributed by atoms with Crippen LogP contribution in [0.2, 0.25) is 0 Å². The smallest absolute Gasteiger partial charge is 0.318 e. The van der Waals surface area contributed by atoms with Crippen LogP contribution in [0.25, 0.3) is 0 Å². The first-order valence-electron chi connectivity index (χ1n) is 11.3. The summed E-state index contributed by atoms with van der Waals surface area (Å²) in [5.74, 6) is 1.29. The summed E-state index contributed by atoms with van der Waals surface area (Å²) in [4.78, 5) is 29.6. The average molecular weight is 454 g/mol. The number of fused-ring (bicyclic) bond motifs is 1. The minimum absolute atomic E-state index is 0.0391. The zero-order valence-corrected chi connectivity index (χ0v) is 20.3. The average Bonchev–Trinajstić information content (AvgIpc) is 2.79. The maximum absolute atomic E-state index is 13.2. The summed E-state index contributed by atoms with van der Waals surface area (Å²) in [6.45, 7) is 7.41. The highest BCUT2D eigenvalue weighted by Gasteiger charge is 2.27. The van der Waals surface area contributed by atoms with Crippen LogP contribution in [0, 0.1) is 0 Å². The van der Waals surface area contributed by atoms with Gasteiger partial charge in [-0.05, 0) is 62.4 Å². The van der Waals surface area contributed by atoms with Gasteiger partial charge < -0.3 is 24.6 Å². The van der Waals surface area contributed by atoms with Crippen LogP contribution in [0.5, 0.6) is 11.5 Å². The molecule has 0 aromatic heterocycles. The normalized spacial score (nSPS) is 13.2. The van der Waals surface area contributed by atoms with Crippen LogP contribution < -0.4 is 14.8 Å². The number of nitrogens with one attached hydrogen (secondary N) is 1. The SMILES string of the molecule is COc1cc2c(cc1OC)CN(C(=O)CN(CCc1ccccc1)C(=O)NC(C)(C)C)CC2. The number of ether oxygens (including phenoxy) is 2. The molecule has 3 amide bonds. The molecule has 7 nitrogen and oxygen atoms in total. The van der Waals surface area contributed by atoms with Crippen molar-refractivity contribution in [2.45, 2.75) is 45.7 Å². The molecule has 3 rings (SSSR count). The molecular formula is C26H35N3O4. The molecule has 0 radical (unpaired) electrons. The van der Waals surface area contributed by atoms with E-state index in [1.54, 1.807) is 19.1 Å². The lowest BCUT2D eigenvalue weighted by atomic mass is 9.98. The topological polar surface area (TPSA) is 71.1 Å². The Hall–Kier alpha value is -3.22. The molecule has 0 saturated carbocycles. The number of carbonyl (C=O) groups excluding carboxylic acids is 2. The predicted octanol–water partition coefficient (Wildman–Crippen LogP) is 3.64. The van der Waals surface area contributed by atoms with E-state index >= 15 is 0 Å². The Labute approximate surface area is 196 Å². The van der Waals surface area contributed by atoms with Gasteiger partial charge in [0.25, 0.3) is 0 Å². The minimum Gasteiger partial charge on any atom is -0.493 e. The third-order valence-corrected chi connectivity index (χ3v) is 5.68. The molecule has 1 aliphatic heterocycles. The molecular weight excluding hydrogens is 418 g/mol. The summed E-state index contributed by atoms with van der Waals surface area (Å²) in [6.07, 6.45) is 1.42. The molecule has 0 unspecified atom stereocenters. The van der Waals surface area contributed by atoms with Gasteiger partial charge in [0.15, 0.2) is 11.5 Å². The second-order valence-corrected chi connectivity index (χ2v) is 9.38. The highest BCUT2D eigenvalue weighted by atomic mass is 16.5. The molecule has 0 aliphatic carbocycles. The molecule has 1 aliphatic rings. The highest BCUT2D eigenvalue weighted by molar-refractivity contribution is 5.84. The van der Waals surface area contributed by atoms with E-state index in [2.05, 4.69) is 5.32 Å². The summed E-state index contributed by atoms with van der Waals surface area (Å²) < 4.78 is 10.8. The monoisotopic (exact) mass is 453 g/mol. The van der Waals surface area contributed by atoms with Gasteiger partial charge in [0.1, 0.15) is 6.54 Å². The number of methoxy groups -OCH3 is 2. The Morgan fingerprint density at radius 2 is 1.67 bits per heavy atom. The van der Waals surface area contributed by atoms with Gasteiger partial charge >= 0.3 is 6.03 Å². The van der Waals surface area contributed by atoms with E-state index in [9.17, 15) is 9.59 Å². The molecule has 0 fully saturated rings. The summed E-state index contributed by atoms with van der Waals surface area (Å²) in [7, 11) is 3.23. The van der Waals surface area contributed by atoms with Crippen LogP contribution in [0.15, 0.2) is 42.5 Å². The lowest BCUT2D eigenvalue weighted by Crippen LogP contribution is -2.52. The van der Waals surface area contributed by atoms with Crippen molar-refractivity contribution in [1.29, 1.82) is 0 Å². The van der Waals surface area contributed by atoms with Crippen LogP contribution in [0.4, 0.5) is 4.79 Å². The van der Waals surface area contributed by atoms with Crippen molar-refractivity contribution in [3.63, 3.8) is 0 Å². The van der Waals surface area contributed by atoms with Crippen molar-refractivity contribution >= 4 is 11.9 Å². The van der Waals surface area contributed by atoms with Gasteiger partial charge in [0, 0.05) is 25.2 Å². The lowest BCUT2D eigenvalue weighted by molar-refractivity contribution is -0.132. The first-order chi connectivity index (χ1) is 15.7. The molecule has 0 bridgehead atoms. The van der Waals surface area contributed by atoms with Gasteiger partial charge in [-0.2, -0.15) is 0 Å². The van der Waals surface area contributed by atoms with Crippen molar-refractivity contribution in [3.8, 4) is 11.5 Å². The van der Waals surface area contributed by atoms with E-state index in [-0.39, 0.29) is 24.0 Å². The maximum Gasteiger partial charge on any atom is 0.318 e. The largest absolute Gasteiger partial charge is 0.493 e. The van der Waals surface area contributed by atoms with Crippen molar-refractivity contribution in [2.75, 3.05) is 33.9 Å². The van der Waals surface area contributed by atoms with Crippen molar-refractivity contribution in [1.82, 2.24) is 15.1 Å². The number of benzene rings is 2. The van der Waals surface area contributed by atoms with E-state index in [4.69, 9.17) is 9.47 Å². The van der Waals surface area contributed by atoms with Gasteiger partial charge in [-0.3, -0.25) is 4.79 Å². The summed E-state index contributed by atoms with van der Waals surface area (Å²) in [6, 6.07) is 13.7. The second-order valence-electron chi connectivity index (χ2n) is 9.38. The third kappa shape index (κ3) is 6.63. The van der Waals surface area contributed by atoms with Gasteiger partial charge in [-0.25, -0.2) is 4.79 Å². The molecule has 1 N–H and O–H groups in total. The van der Waals surface area contributed by atoms with Crippen LogP contribution in [-0.4, -0.2) is 61.1 Å². The Morgan fingerprint density at radius 3 is 2.27 bits per heavy atom. The fourth-order valence-corrected chi connectivity index (χ4v) is 3.92. The number of rotatable bonds is 7. The molecule has 2 aromatic rings. The van der Waals surface area contributed by atoms with Crippen LogP contribution >= 0.6 is 0 Å². The quantitative estimate of drug-likeness (QED) is 0.695. The van der Waals surface area contributed by atoms with E-state index in [0.29, 0.717) is 37.6 Å². The standard InChI is InChI=1S/C26H35N3O4/c1-26(2,3)27-25(31)29(13-11-19-9-7-6-8-10-19)18-24(30)28-14-12-20-15-22(32-4)23(33-5)16-21(20)17-28/h6-10,15-16H,11-14,17-18H2,1-5H3,(H,27,31). The molecule has 0 atom stereocenters. The van der Waals surface area contributed by atoms with Gasteiger partial charge in [0.05, 0.1) is 14.2 Å². The Kier molecular flexibility index (Phi) is 7.84. The second kappa shape index (κ2) is 10.6. The van der Waals surface area contributed by atoms with Gasteiger partial charge in [0.2, 0.25) is 5.91 Å². The summed E-state index contributed by atoms with van der Waals surface area (Å²) >= 11 is 0. The number of carbonyl (C=O) groups is 2. The predicted molar refractivity (Wildman–Crippen MR) is 129 cm³/mol. The molecule has 33 heavy (non-hydrogen) atoms. The number of nitrogens with zero attached hydrogens (tertiary/aromatic N) is 2. The van der Waals surface area contributed by atoms with Crippen molar-refractivity contribution < 1.29 is 19.1 Å². The molecule has 7 heteroatoms. The summed E-state index contributed by atoms with van der Waals surface area (Å²) in [5.41, 5.74) is 2.95. The minimum atomic E-state index is -0.384. The zero-order valence-electron chi connectivity index (χ0n) is 20.3. The van der Waals surface area contributed by atoms with Crippen LogP contribution in [0.1, 0.15) is 37.5 Å². The molecule has 0 spiro atoms. The fourth-order valence-electron chi connectivity index (χ4n) is 3.92. The number of hydrogen-bond donors (Lipinski definition) is 1.